The molecule has 0 atom stereocenters. The van der Waals surface area contributed by atoms with Crippen molar-refractivity contribution >= 4 is 5.52 Å². The molecule has 5 nitrogen and oxygen atoms in total. The molecule has 0 saturated heterocycles. The van der Waals surface area contributed by atoms with Crippen molar-refractivity contribution in [3.05, 3.63) is 47.9 Å². The molecule has 0 saturated carbocycles. The number of nitriles is 1. The van der Waals surface area contributed by atoms with Gasteiger partial charge < -0.3 is 4.74 Å². The molecule has 0 radical (unpaired) electrons. The number of imidazole rings is 1. The van der Waals surface area contributed by atoms with Crippen LogP contribution in [0.2, 0.25) is 0 Å². The van der Waals surface area contributed by atoms with Crippen molar-refractivity contribution in [3.63, 3.8) is 0 Å². The number of alkyl halides is 6. The number of aromatic nitrogens is 3. The van der Waals surface area contributed by atoms with Crippen LogP contribution in [0.4, 0.5) is 26.3 Å². The lowest BCUT2D eigenvalue weighted by atomic mass is 10.1. The molecule has 0 fully saturated rings. The molecule has 0 unspecified atom stereocenters. The van der Waals surface area contributed by atoms with E-state index < -0.39 is 29.8 Å². The van der Waals surface area contributed by atoms with Crippen LogP contribution < -0.4 is 4.74 Å². The van der Waals surface area contributed by atoms with Crippen molar-refractivity contribution in [1.29, 1.82) is 5.26 Å². The van der Waals surface area contributed by atoms with E-state index in [2.05, 4.69) is 14.8 Å². The third kappa shape index (κ3) is 3.39. The lowest BCUT2D eigenvalue weighted by Crippen LogP contribution is -2.16. The number of halogens is 6. The maximum absolute atomic E-state index is 13.1. The molecule has 3 rings (SSSR count). The summed E-state index contributed by atoms with van der Waals surface area (Å²) in [6.07, 6.45) is -9.70. The van der Waals surface area contributed by atoms with E-state index >= 15 is 0 Å². The van der Waals surface area contributed by atoms with Crippen LogP contribution in [0.5, 0.6) is 5.75 Å². The van der Waals surface area contributed by atoms with Gasteiger partial charge in [0.2, 0.25) is 5.82 Å². The van der Waals surface area contributed by atoms with Crippen LogP contribution in [-0.4, -0.2) is 21.0 Å². The Morgan fingerprint density at radius 3 is 2.15 bits per heavy atom. The zero-order valence-electron chi connectivity index (χ0n) is 12.4. The Balaban J connectivity index is 2.05. The predicted molar refractivity (Wildman–Crippen MR) is 74.8 cm³/mol. The molecule has 11 heteroatoms. The van der Waals surface area contributed by atoms with Gasteiger partial charge in [-0.05, 0) is 36.4 Å². The van der Waals surface area contributed by atoms with E-state index in [0.717, 1.165) is 12.1 Å². The molecule has 1 aromatic carbocycles. The Kier molecular flexibility index (Phi) is 3.98. The van der Waals surface area contributed by atoms with Crippen molar-refractivity contribution in [2.24, 2.45) is 0 Å². The first-order valence-electron chi connectivity index (χ1n) is 6.82. The number of fused-ring (bicyclic) bond motifs is 1. The van der Waals surface area contributed by atoms with Crippen molar-refractivity contribution in [2.75, 3.05) is 0 Å². The molecule has 0 N–H and O–H groups in total. The highest BCUT2D eigenvalue weighted by atomic mass is 19.4. The van der Waals surface area contributed by atoms with Gasteiger partial charge in [-0.2, -0.15) is 23.5 Å². The van der Waals surface area contributed by atoms with E-state index in [-0.39, 0.29) is 16.8 Å². The van der Waals surface area contributed by atoms with Crippen LogP contribution in [0.1, 0.15) is 11.5 Å². The van der Waals surface area contributed by atoms with E-state index in [9.17, 15) is 26.3 Å². The summed E-state index contributed by atoms with van der Waals surface area (Å²) in [5, 5.41) is 12.7. The highest BCUT2D eigenvalue weighted by Gasteiger charge is 2.38. The molecule has 0 aliphatic heterocycles. The molecule has 0 aliphatic carbocycles. The number of hydrogen-bond donors (Lipinski definition) is 0. The van der Waals surface area contributed by atoms with Crippen LogP contribution in [0.3, 0.4) is 0 Å². The second-order valence-corrected chi connectivity index (χ2v) is 4.98. The molecule has 0 bridgehead atoms. The number of nitrogens with zero attached hydrogens (tertiary/aromatic N) is 4. The highest BCUT2D eigenvalue weighted by Crippen LogP contribution is 2.31. The monoisotopic (exact) mass is 372 g/mol. The van der Waals surface area contributed by atoms with Crippen molar-refractivity contribution in [3.8, 4) is 23.1 Å². The standard InChI is InChI=1S/C15H6F6N4O/c16-14(17,18)13-23-11(7-22)12-6-5-10(24-25(12)13)8-1-3-9(4-2-8)26-15(19,20)21/h1-6H. The summed E-state index contributed by atoms with van der Waals surface area (Å²) in [4.78, 5) is 3.24. The summed E-state index contributed by atoms with van der Waals surface area (Å²) >= 11 is 0. The first kappa shape index (κ1) is 17.5. The summed E-state index contributed by atoms with van der Waals surface area (Å²) in [6, 6.07) is 8.55. The Labute approximate surface area is 141 Å². The lowest BCUT2D eigenvalue weighted by molar-refractivity contribution is -0.274. The number of ether oxygens (including phenoxy) is 1. The Morgan fingerprint density at radius 2 is 1.62 bits per heavy atom. The number of hydrogen-bond acceptors (Lipinski definition) is 4. The van der Waals surface area contributed by atoms with Gasteiger partial charge in [0.15, 0.2) is 5.69 Å². The second-order valence-electron chi connectivity index (χ2n) is 4.98. The minimum Gasteiger partial charge on any atom is -0.406 e. The van der Waals surface area contributed by atoms with E-state index in [1.807, 2.05) is 0 Å². The maximum Gasteiger partial charge on any atom is 0.573 e. The van der Waals surface area contributed by atoms with Gasteiger partial charge in [0.05, 0.1) is 5.69 Å². The second kappa shape index (κ2) is 5.91. The van der Waals surface area contributed by atoms with E-state index in [0.29, 0.717) is 4.52 Å². The highest BCUT2D eigenvalue weighted by molar-refractivity contribution is 5.65. The first-order valence-corrected chi connectivity index (χ1v) is 6.82. The summed E-state index contributed by atoms with van der Waals surface area (Å²) < 4.78 is 79.8. The fourth-order valence-electron chi connectivity index (χ4n) is 2.22. The number of rotatable bonds is 2. The zero-order valence-corrected chi connectivity index (χ0v) is 12.4. The summed E-state index contributed by atoms with van der Waals surface area (Å²) in [6.45, 7) is 0. The van der Waals surface area contributed by atoms with Gasteiger partial charge in [0.25, 0.3) is 0 Å². The third-order valence-corrected chi connectivity index (χ3v) is 3.24. The molecule has 134 valence electrons. The smallest absolute Gasteiger partial charge is 0.406 e. The van der Waals surface area contributed by atoms with Gasteiger partial charge in [-0.25, -0.2) is 9.50 Å². The van der Waals surface area contributed by atoms with Crippen LogP contribution in [0, 0.1) is 11.3 Å². The topological polar surface area (TPSA) is 63.2 Å². The Hall–Kier alpha value is -3.29. The third-order valence-electron chi connectivity index (χ3n) is 3.24. The van der Waals surface area contributed by atoms with Crippen LogP contribution in [-0.2, 0) is 6.18 Å². The molecule has 2 aromatic heterocycles. The van der Waals surface area contributed by atoms with E-state index in [4.69, 9.17) is 5.26 Å². The fraction of sp³-hybridized carbons (Fsp3) is 0.133. The quantitative estimate of drug-likeness (QED) is 0.633. The molecule has 26 heavy (non-hydrogen) atoms. The molecular formula is C15H6F6N4O. The zero-order chi connectivity index (χ0) is 19.1. The molecule has 0 spiro atoms. The molecule has 3 aromatic rings. The summed E-state index contributed by atoms with van der Waals surface area (Å²) in [5.74, 6) is -1.85. The fourth-order valence-corrected chi connectivity index (χ4v) is 2.22. The molecule has 0 amide bonds. The SMILES string of the molecule is N#Cc1nc(C(F)(F)F)n2nc(-c3ccc(OC(F)(F)F)cc3)ccc12. The Bertz CT molecular complexity index is 998. The van der Waals surface area contributed by atoms with E-state index in [1.165, 1.54) is 24.3 Å². The van der Waals surface area contributed by atoms with Gasteiger partial charge in [-0.15, -0.1) is 13.2 Å². The van der Waals surface area contributed by atoms with Crippen molar-refractivity contribution in [2.45, 2.75) is 12.5 Å². The normalized spacial score (nSPS) is 12.2. The van der Waals surface area contributed by atoms with Crippen LogP contribution >= 0.6 is 0 Å². The van der Waals surface area contributed by atoms with Gasteiger partial charge in [-0.1, -0.05) is 0 Å². The van der Waals surface area contributed by atoms with Crippen LogP contribution in [0.25, 0.3) is 16.8 Å². The van der Waals surface area contributed by atoms with Crippen LogP contribution in [0.15, 0.2) is 36.4 Å². The summed E-state index contributed by atoms with van der Waals surface area (Å²) in [7, 11) is 0. The van der Waals surface area contributed by atoms with Gasteiger partial charge in [-0.3, -0.25) is 0 Å². The molecular weight excluding hydrogens is 366 g/mol. The lowest BCUT2D eigenvalue weighted by Gasteiger charge is -2.09. The van der Waals surface area contributed by atoms with Crippen molar-refractivity contribution in [1.82, 2.24) is 14.6 Å². The largest absolute Gasteiger partial charge is 0.573 e. The van der Waals surface area contributed by atoms with Gasteiger partial charge >= 0.3 is 12.5 Å². The average molecular weight is 372 g/mol. The van der Waals surface area contributed by atoms with Gasteiger partial charge in [0, 0.05) is 5.56 Å². The molecule has 2 heterocycles. The number of benzene rings is 1. The minimum absolute atomic E-state index is 0.0449. The summed E-state index contributed by atoms with van der Waals surface area (Å²) in [5.41, 5.74) is -0.281. The van der Waals surface area contributed by atoms with Gasteiger partial charge in [0.1, 0.15) is 17.3 Å². The van der Waals surface area contributed by atoms with E-state index in [1.54, 1.807) is 6.07 Å². The molecule has 0 aliphatic rings. The maximum atomic E-state index is 13.1. The van der Waals surface area contributed by atoms with Crippen molar-refractivity contribution < 1.29 is 31.1 Å². The average Bonchev–Trinajstić information content (AvgIpc) is 2.92. The minimum atomic E-state index is -4.86. The first-order chi connectivity index (χ1) is 12.1. The predicted octanol–water partition coefficient (Wildman–Crippen LogP) is 4.19. The Morgan fingerprint density at radius 1 is 0.962 bits per heavy atom.